The number of hydrazone groups is 1. The Kier molecular flexibility index (Phi) is 5.23. The molecule has 0 fully saturated rings. The maximum atomic E-state index is 12.6. The summed E-state index contributed by atoms with van der Waals surface area (Å²) in [6.07, 6.45) is 0. The second-order valence-corrected chi connectivity index (χ2v) is 7.59. The lowest BCUT2D eigenvalue weighted by molar-refractivity contribution is -0.378. The lowest BCUT2D eigenvalue weighted by atomic mass is 10.4. The summed E-state index contributed by atoms with van der Waals surface area (Å²) in [7, 11) is -3.13. The van der Waals surface area contributed by atoms with Gasteiger partial charge in [0.15, 0.2) is 0 Å². The molecule has 0 bridgehead atoms. The molecule has 2 aromatic rings. The van der Waals surface area contributed by atoms with Crippen LogP contribution in [0.1, 0.15) is 21.1 Å². The van der Waals surface area contributed by atoms with Crippen LogP contribution in [-0.2, 0) is 14.8 Å². The smallest absolute Gasteiger partial charge is 0.388 e. The zero-order valence-corrected chi connectivity index (χ0v) is 15.3. The SMILES string of the molecule is COC(=O)c1sccc1S(=O)(=O)[N+](N)=C(N)Nc1nc(C)cc(C)n1. The Balaban J connectivity index is 2.43. The summed E-state index contributed by atoms with van der Waals surface area (Å²) in [6, 6.07) is 2.99. The number of hydrogen-bond acceptors (Lipinski definition) is 8. The van der Waals surface area contributed by atoms with Crippen molar-refractivity contribution in [1.82, 2.24) is 9.97 Å². The minimum atomic E-state index is -4.28. The molecule has 10 nitrogen and oxygen atoms in total. The summed E-state index contributed by atoms with van der Waals surface area (Å²) in [5.74, 6) is 4.52. The van der Waals surface area contributed by atoms with Crippen molar-refractivity contribution in [1.29, 1.82) is 0 Å². The number of nitrogens with one attached hydrogen (secondary N) is 1. The Hall–Kier alpha value is -2.73. The van der Waals surface area contributed by atoms with Gasteiger partial charge in [-0.15, -0.1) is 11.3 Å². The summed E-state index contributed by atoms with van der Waals surface area (Å²) in [5, 5.41) is 3.97. The van der Waals surface area contributed by atoms with E-state index in [-0.39, 0.29) is 15.7 Å². The average Bonchev–Trinajstić information content (AvgIpc) is 3.02. The zero-order valence-electron chi connectivity index (χ0n) is 13.7. The van der Waals surface area contributed by atoms with Crippen LogP contribution in [0.5, 0.6) is 0 Å². The third-order valence-corrected chi connectivity index (χ3v) is 5.63. The highest BCUT2D eigenvalue weighted by Crippen LogP contribution is 2.23. The van der Waals surface area contributed by atoms with Gasteiger partial charge in [0.1, 0.15) is 9.77 Å². The lowest BCUT2D eigenvalue weighted by Gasteiger charge is -2.07. The summed E-state index contributed by atoms with van der Waals surface area (Å²) < 4.78 is 30.1. The van der Waals surface area contributed by atoms with Crippen molar-refractivity contribution in [3.8, 4) is 0 Å². The van der Waals surface area contributed by atoms with Crippen molar-refractivity contribution < 1.29 is 22.0 Å². The van der Waals surface area contributed by atoms with E-state index in [1.807, 2.05) is 0 Å². The van der Waals surface area contributed by atoms with Gasteiger partial charge in [-0.05, 0) is 31.4 Å². The van der Waals surface area contributed by atoms with E-state index in [9.17, 15) is 13.2 Å². The number of nitrogens with two attached hydrogens (primary N) is 2. The third-order valence-electron chi connectivity index (χ3n) is 3.00. The van der Waals surface area contributed by atoms with Crippen LogP contribution in [0.4, 0.5) is 5.95 Å². The number of hydrogen-bond donors (Lipinski definition) is 3. The van der Waals surface area contributed by atoms with Crippen LogP contribution in [0, 0.1) is 13.8 Å². The predicted molar refractivity (Wildman–Crippen MR) is 91.6 cm³/mol. The summed E-state index contributed by atoms with van der Waals surface area (Å²) in [5.41, 5.74) is 7.07. The highest BCUT2D eigenvalue weighted by atomic mass is 32.2. The molecule has 0 aromatic carbocycles. The zero-order chi connectivity index (χ0) is 18.8. The molecule has 5 N–H and O–H groups in total. The average molecular weight is 385 g/mol. The molecule has 25 heavy (non-hydrogen) atoms. The molecular formula is C13H17N6O4S2+. The van der Waals surface area contributed by atoms with Gasteiger partial charge in [-0.3, -0.25) is 11.6 Å². The monoisotopic (exact) mass is 385 g/mol. The first-order valence-electron chi connectivity index (χ1n) is 6.84. The molecule has 134 valence electrons. The number of aryl methyl sites for hydroxylation is 2. The van der Waals surface area contributed by atoms with E-state index in [2.05, 4.69) is 20.0 Å². The van der Waals surface area contributed by atoms with Crippen molar-refractivity contribution in [2.45, 2.75) is 18.7 Å². The van der Waals surface area contributed by atoms with Gasteiger partial charge < -0.3 is 4.74 Å². The Morgan fingerprint density at radius 1 is 1.32 bits per heavy atom. The number of nitrogens with zero attached hydrogens (tertiary/aromatic N) is 3. The molecule has 2 rings (SSSR count). The van der Waals surface area contributed by atoms with Gasteiger partial charge in [0.05, 0.1) is 7.11 Å². The maximum Gasteiger partial charge on any atom is 0.388 e. The first-order valence-corrected chi connectivity index (χ1v) is 9.16. The Morgan fingerprint density at radius 3 is 2.48 bits per heavy atom. The molecule has 0 saturated heterocycles. The largest absolute Gasteiger partial charge is 0.465 e. The number of guanidine groups is 1. The number of carbonyl (C=O) groups excluding carboxylic acids is 1. The van der Waals surface area contributed by atoms with E-state index >= 15 is 0 Å². The first-order chi connectivity index (χ1) is 11.7. The van der Waals surface area contributed by atoms with E-state index in [4.69, 9.17) is 11.6 Å². The number of esters is 1. The van der Waals surface area contributed by atoms with Gasteiger partial charge in [0.2, 0.25) is 0 Å². The molecule has 0 saturated carbocycles. The van der Waals surface area contributed by atoms with Crippen LogP contribution in [0.25, 0.3) is 0 Å². The molecular weight excluding hydrogens is 368 g/mol. The van der Waals surface area contributed by atoms with Gasteiger partial charge >= 0.3 is 22.0 Å². The van der Waals surface area contributed by atoms with E-state index in [1.165, 1.54) is 11.4 Å². The van der Waals surface area contributed by atoms with Crippen molar-refractivity contribution >= 4 is 39.2 Å². The van der Waals surface area contributed by atoms with E-state index in [1.54, 1.807) is 19.9 Å². The molecule has 0 radical (unpaired) electrons. The Bertz CT molecular complexity index is 931. The molecule has 0 aliphatic rings. The number of sulfonamides is 1. The highest BCUT2D eigenvalue weighted by molar-refractivity contribution is 7.85. The lowest BCUT2D eigenvalue weighted by Crippen LogP contribution is -2.42. The number of aromatic nitrogens is 2. The number of methoxy groups -OCH3 is 1. The molecule has 2 aromatic heterocycles. The number of hydrazine groups is 1. The summed E-state index contributed by atoms with van der Waals surface area (Å²) in [4.78, 5) is 19.5. The number of carbonyl (C=O) groups is 1. The third kappa shape index (κ3) is 3.85. The van der Waals surface area contributed by atoms with Gasteiger partial charge in [-0.25, -0.2) is 20.1 Å². The minimum Gasteiger partial charge on any atom is -0.465 e. The molecule has 0 unspecified atom stereocenters. The minimum absolute atomic E-state index is 0.0964. The Morgan fingerprint density at radius 2 is 1.92 bits per heavy atom. The molecule has 0 amide bonds. The summed E-state index contributed by atoms with van der Waals surface area (Å²) in [6.45, 7) is 3.50. The second kappa shape index (κ2) is 7.03. The quantitative estimate of drug-likeness (QED) is 0.164. The number of anilines is 1. The molecule has 0 atom stereocenters. The number of rotatable bonds is 4. The van der Waals surface area contributed by atoms with Crippen molar-refractivity contribution in [2.24, 2.45) is 11.6 Å². The fourth-order valence-corrected chi connectivity index (χ4v) is 4.25. The van der Waals surface area contributed by atoms with E-state index in [0.717, 1.165) is 18.4 Å². The topological polar surface area (TPSA) is 153 Å². The number of thiophene rings is 1. The van der Waals surface area contributed by atoms with Crippen LogP contribution < -0.4 is 16.9 Å². The van der Waals surface area contributed by atoms with Gasteiger partial charge in [-0.2, -0.15) is 8.42 Å². The highest BCUT2D eigenvalue weighted by Gasteiger charge is 2.31. The van der Waals surface area contributed by atoms with Crippen molar-refractivity contribution in [2.75, 3.05) is 12.4 Å². The molecule has 0 aliphatic carbocycles. The van der Waals surface area contributed by atoms with E-state index < -0.39 is 22.0 Å². The molecule has 2 heterocycles. The summed E-state index contributed by atoms with van der Waals surface area (Å²) >= 11 is 0.915. The van der Waals surface area contributed by atoms with Gasteiger partial charge in [-0.1, -0.05) is 4.09 Å². The van der Waals surface area contributed by atoms with E-state index in [0.29, 0.717) is 15.5 Å². The maximum absolute atomic E-state index is 12.6. The van der Waals surface area contributed by atoms with Crippen molar-refractivity contribution in [3.63, 3.8) is 0 Å². The molecule has 0 spiro atoms. The standard InChI is InChI=1S/C13H16N6O4S2/c1-7-6-8(2)17-13(16-7)18-12(14)19(15)25(21,22)9-4-5-24-10(9)11(20)23-3/h4-6H,15H2,1-3H3,(H2,14,16,17,18)/p+1. The van der Waals surface area contributed by atoms with Crippen LogP contribution in [0.15, 0.2) is 22.4 Å². The molecule has 0 aliphatic heterocycles. The van der Waals surface area contributed by atoms with Crippen LogP contribution in [-0.4, -0.2) is 41.5 Å². The second-order valence-electron chi connectivity index (χ2n) is 4.89. The predicted octanol–water partition coefficient (Wildman–Crippen LogP) is -0.0568. The Labute approximate surface area is 148 Å². The fraction of sp³-hybridized carbons (Fsp3) is 0.231. The number of ether oxygens (including phenoxy) is 1. The molecule has 12 heteroatoms. The van der Waals surface area contributed by atoms with Crippen LogP contribution >= 0.6 is 11.3 Å². The van der Waals surface area contributed by atoms with Crippen LogP contribution in [0.2, 0.25) is 0 Å². The fourth-order valence-electron chi connectivity index (χ4n) is 1.93. The van der Waals surface area contributed by atoms with Crippen LogP contribution in [0.3, 0.4) is 0 Å². The van der Waals surface area contributed by atoms with Gasteiger partial charge in [0.25, 0.3) is 5.95 Å². The normalized spacial score (nSPS) is 12.4. The van der Waals surface area contributed by atoms with Crippen molar-refractivity contribution in [3.05, 3.63) is 33.8 Å². The van der Waals surface area contributed by atoms with Gasteiger partial charge in [0, 0.05) is 11.4 Å². The first kappa shape index (κ1) is 18.6.